The van der Waals surface area contributed by atoms with E-state index in [2.05, 4.69) is 4.90 Å². The number of hydrogen-bond donors (Lipinski definition) is 1. The summed E-state index contributed by atoms with van der Waals surface area (Å²) in [5, 5.41) is 9.68. The van der Waals surface area contributed by atoms with Crippen molar-refractivity contribution in [2.45, 2.75) is 64.8 Å². The van der Waals surface area contributed by atoms with Gasteiger partial charge in [0.2, 0.25) is 0 Å². The van der Waals surface area contributed by atoms with Gasteiger partial charge in [-0.15, -0.1) is 0 Å². The normalized spacial score (nSPS) is 30.4. The molecule has 2 aliphatic heterocycles. The Morgan fingerprint density at radius 3 is 2.38 bits per heavy atom. The molecule has 2 aliphatic rings. The number of halogens is 1. The fraction of sp³-hybridized carbons (Fsp3) is 0.867. The third kappa shape index (κ3) is 3.67. The van der Waals surface area contributed by atoms with Crippen LogP contribution in [0.25, 0.3) is 0 Å². The number of piperidine rings is 1. The summed E-state index contributed by atoms with van der Waals surface area (Å²) in [5.41, 5.74) is -0.788. The Labute approximate surface area is 127 Å². The van der Waals surface area contributed by atoms with Gasteiger partial charge in [0, 0.05) is 13.1 Å². The Bertz CT molecular complexity index is 409. The topological polar surface area (TPSA) is 41.9 Å². The van der Waals surface area contributed by atoms with E-state index in [1.165, 1.54) is 0 Å². The Hall–Kier alpha value is -0.425. The lowest BCUT2D eigenvalue weighted by Gasteiger charge is -2.32. The van der Waals surface area contributed by atoms with E-state index >= 15 is 0 Å². The smallest absolute Gasteiger partial charge is 0.398 e. The van der Waals surface area contributed by atoms with Gasteiger partial charge in [0.1, 0.15) is 5.73 Å². The molecule has 0 bridgehead atoms. The molecule has 1 unspecified atom stereocenters. The first-order valence-corrected chi connectivity index (χ1v) is 7.73. The molecule has 0 aromatic rings. The van der Waals surface area contributed by atoms with E-state index < -0.39 is 18.3 Å². The van der Waals surface area contributed by atoms with Crippen LogP contribution in [-0.2, 0) is 9.31 Å². The second-order valence-corrected chi connectivity index (χ2v) is 7.25. The largest absolute Gasteiger partial charge is 0.525 e. The summed E-state index contributed by atoms with van der Waals surface area (Å²) in [7, 11) is -0.926. The summed E-state index contributed by atoms with van der Waals surface area (Å²) in [4.78, 5) is 2.08. The average molecular weight is 299 g/mol. The van der Waals surface area contributed by atoms with Crippen LogP contribution in [0.2, 0.25) is 0 Å². The first-order valence-electron chi connectivity index (χ1n) is 7.73. The molecule has 120 valence electrons. The summed E-state index contributed by atoms with van der Waals surface area (Å²) in [6, 6.07) is 0. The lowest BCUT2D eigenvalue weighted by Crippen LogP contribution is -2.41. The lowest BCUT2D eigenvalue weighted by atomic mass is 9.85. The Morgan fingerprint density at radius 2 is 1.86 bits per heavy atom. The van der Waals surface area contributed by atoms with Crippen molar-refractivity contribution >= 4 is 7.12 Å². The maximum absolute atomic E-state index is 14.6. The van der Waals surface area contributed by atoms with Crippen molar-refractivity contribution in [1.29, 1.82) is 0 Å². The number of rotatable bonds is 3. The monoisotopic (exact) mass is 299 g/mol. The maximum Gasteiger partial charge on any atom is 0.525 e. The summed E-state index contributed by atoms with van der Waals surface area (Å²) >= 11 is 0. The van der Waals surface area contributed by atoms with Crippen molar-refractivity contribution in [3.63, 3.8) is 0 Å². The highest BCUT2D eigenvalue weighted by atomic mass is 19.1. The molecular weight excluding hydrogens is 272 g/mol. The number of likely N-dealkylation sites (tertiary alicyclic amines) is 1. The molecule has 0 amide bonds. The minimum atomic E-state index is -0.926. The number of aliphatic hydroxyl groups excluding tert-OH is 1. The molecule has 4 nitrogen and oxygen atoms in total. The molecule has 0 radical (unpaired) electrons. The fourth-order valence-electron chi connectivity index (χ4n) is 2.73. The van der Waals surface area contributed by atoms with E-state index in [1.54, 1.807) is 6.92 Å². The molecule has 2 saturated heterocycles. The Kier molecular flexibility index (Phi) is 4.83. The first-order chi connectivity index (χ1) is 9.62. The summed E-state index contributed by atoms with van der Waals surface area (Å²) in [5.74, 6) is 0. The van der Waals surface area contributed by atoms with Crippen LogP contribution in [0.4, 0.5) is 4.39 Å². The predicted molar refractivity (Wildman–Crippen MR) is 81.6 cm³/mol. The average Bonchev–Trinajstić information content (AvgIpc) is 2.57. The quantitative estimate of drug-likeness (QED) is 0.812. The molecule has 6 heteroatoms. The lowest BCUT2D eigenvalue weighted by molar-refractivity contribution is 0.00578. The van der Waals surface area contributed by atoms with Crippen molar-refractivity contribution in [3.8, 4) is 0 Å². The molecule has 2 fully saturated rings. The van der Waals surface area contributed by atoms with Crippen LogP contribution >= 0.6 is 0 Å². The highest BCUT2D eigenvalue weighted by molar-refractivity contribution is 6.53. The highest BCUT2D eigenvalue weighted by Gasteiger charge is 2.53. The number of hydrogen-bond acceptors (Lipinski definition) is 4. The maximum atomic E-state index is 14.6. The van der Waals surface area contributed by atoms with Crippen molar-refractivity contribution in [2.75, 3.05) is 19.6 Å². The van der Waals surface area contributed by atoms with E-state index in [1.807, 2.05) is 27.7 Å². The van der Waals surface area contributed by atoms with Crippen molar-refractivity contribution < 1.29 is 18.8 Å². The van der Waals surface area contributed by atoms with Gasteiger partial charge in [0.15, 0.2) is 0 Å². The minimum absolute atomic E-state index is 0.300. The van der Waals surface area contributed by atoms with E-state index in [0.29, 0.717) is 18.7 Å². The molecule has 2 heterocycles. The van der Waals surface area contributed by atoms with Gasteiger partial charge in [-0.25, -0.2) is 4.39 Å². The second kappa shape index (κ2) is 5.99. The van der Waals surface area contributed by atoms with E-state index in [4.69, 9.17) is 9.31 Å². The van der Waals surface area contributed by atoms with Gasteiger partial charge in [-0.2, -0.15) is 0 Å². The summed E-state index contributed by atoms with van der Waals surface area (Å²) in [6.45, 7) is 11.4. The number of β-amino-alcohol motifs (C(OH)–C–C–N with tert-alkyl or cyclic N) is 1. The predicted octanol–water partition coefficient (Wildman–Crippen LogP) is 2.32. The van der Waals surface area contributed by atoms with Gasteiger partial charge >= 0.3 is 7.12 Å². The standard InChI is InChI=1S/C15H27BFNO3/c1-11(9-18-8-6-7-12(19)10-18)13(17)16-20-14(2,3)15(4,5)21-16/h12,19H,6-10H2,1-5H3. The second-order valence-electron chi connectivity index (χ2n) is 7.25. The molecule has 1 N–H and O–H groups in total. The van der Waals surface area contributed by atoms with Crippen LogP contribution in [0.1, 0.15) is 47.5 Å². The molecule has 1 atom stereocenters. The highest BCUT2D eigenvalue weighted by Crippen LogP contribution is 2.39. The van der Waals surface area contributed by atoms with Gasteiger partial charge in [-0.05, 0) is 59.6 Å². The third-order valence-electron chi connectivity index (χ3n) is 4.81. The zero-order valence-electron chi connectivity index (χ0n) is 13.8. The van der Waals surface area contributed by atoms with Crippen molar-refractivity contribution in [3.05, 3.63) is 11.3 Å². The van der Waals surface area contributed by atoms with Crippen molar-refractivity contribution in [2.24, 2.45) is 0 Å². The van der Waals surface area contributed by atoms with Crippen LogP contribution in [0, 0.1) is 0 Å². The zero-order valence-corrected chi connectivity index (χ0v) is 13.8. The van der Waals surface area contributed by atoms with Crippen LogP contribution in [0.15, 0.2) is 11.3 Å². The molecule has 0 aromatic heterocycles. The molecule has 2 rings (SSSR count). The van der Waals surface area contributed by atoms with Gasteiger partial charge in [0.05, 0.1) is 17.3 Å². The minimum Gasteiger partial charge on any atom is -0.398 e. The van der Waals surface area contributed by atoms with Gasteiger partial charge in [-0.3, -0.25) is 4.90 Å². The van der Waals surface area contributed by atoms with Crippen LogP contribution in [-0.4, -0.2) is 54.1 Å². The Balaban J connectivity index is 2.02. The molecular formula is C15H27BFNO3. The molecule has 21 heavy (non-hydrogen) atoms. The molecule has 0 aromatic carbocycles. The zero-order chi connectivity index (χ0) is 15.8. The SMILES string of the molecule is CC(CN1CCCC(O)C1)=C(F)B1OC(C)(C)C(C)(C)O1. The number of nitrogens with zero attached hydrogens (tertiary/aromatic N) is 1. The fourth-order valence-corrected chi connectivity index (χ4v) is 2.73. The van der Waals surface area contributed by atoms with Crippen LogP contribution < -0.4 is 0 Å². The first kappa shape index (κ1) is 16.9. The summed E-state index contributed by atoms with van der Waals surface area (Å²) in [6.07, 6.45) is 1.48. The van der Waals surface area contributed by atoms with E-state index in [9.17, 15) is 9.50 Å². The van der Waals surface area contributed by atoms with E-state index in [-0.39, 0.29) is 11.8 Å². The summed E-state index contributed by atoms with van der Waals surface area (Å²) < 4.78 is 26.0. The molecule has 0 spiro atoms. The Morgan fingerprint density at radius 1 is 1.29 bits per heavy atom. The molecule has 0 aliphatic carbocycles. The van der Waals surface area contributed by atoms with Crippen molar-refractivity contribution in [1.82, 2.24) is 4.90 Å². The number of aliphatic hydroxyl groups is 1. The van der Waals surface area contributed by atoms with Gasteiger partial charge in [0.25, 0.3) is 0 Å². The van der Waals surface area contributed by atoms with Gasteiger partial charge in [-0.1, -0.05) is 0 Å². The molecule has 0 saturated carbocycles. The van der Waals surface area contributed by atoms with E-state index in [0.717, 1.165) is 19.4 Å². The van der Waals surface area contributed by atoms with Crippen LogP contribution in [0.5, 0.6) is 0 Å². The third-order valence-corrected chi connectivity index (χ3v) is 4.81. The van der Waals surface area contributed by atoms with Gasteiger partial charge < -0.3 is 14.4 Å². The van der Waals surface area contributed by atoms with Crippen LogP contribution in [0.3, 0.4) is 0 Å².